The first-order valence-electron chi connectivity index (χ1n) is 10.0. The summed E-state index contributed by atoms with van der Waals surface area (Å²) in [5.74, 6) is 0.230. The number of aromatic nitrogens is 2. The molecular formula is C21H23F3N4O2. The van der Waals surface area contributed by atoms with E-state index in [0.29, 0.717) is 24.5 Å². The highest BCUT2D eigenvalue weighted by atomic mass is 19.4. The lowest BCUT2D eigenvalue weighted by Gasteiger charge is -2.23. The molecule has 0 spiro atoms. The summed E-state index contributed by atoms with van der Waals surface area (Å²) in [5.41, 5.74) is 0.666. The predicted octanol–water partition coefficient (Wildman–Crippen LogP) is 3.61. The number of fused-ring (bicyclic) bond motifs is 1. The van der Waals surface area contributed by atoms with E-state index >= 15 is 0 Å². The lowest BCUT2D eigenvalue weighted by Crippen LogP contribution is -2.32. The molecule has 4 rings (SSSR count). The van der Waals surface area contributed by atoms with E-state index in [1.165, 1.54) is 6.07 Å². The molecule has 1 fully saturated rings. The van der Waals surface area contributed by atoms with E-state index in [9.17, 15) is 18.0 Å². The van der Waals surface area contributed by atoms with E-state index in [1.54, 1.807) is 10.6 Å². The van der Waals surface area contributed by atoms with Crippen LogP contribution in [0.4, 0.5) is 19.0 Å². The zero-order valence-electron chi connectivity index (χ0n) is 16.4. The molecule has 30 heavy (non-hydrogen) atoms. The third kappa shape index (κ3) is 4.51. The first-order chi connectivity index (χ1) is 14.4. The van der Waals surface area contributed by atoms with Gasteiger partial charge in [-0.2, -0.15) is 13.2 Å². The van der Waals surface area contributed by atoms with Crippen LogP contribution in [0.15, 0.2) is 51.8 Å². The number of aryl methyl sites for hydroxylation is 1. The van der Waals surface area contributed by atoms with Gasteiger partial charge in [-0.3, -0.25) is 4.57 Å². The summed E-state index contributed by atoms with van der Waals surface area (Å²) in [6, 6.07) is 9.90. The van der Waals surface area contributed by atoms with Gasteiger partial charge < -0.3 is 14.2 Å². The molecule has 0 saturated carbocycles. The molecule has 0 N–H and O–H groups in total. The molecule has 0 bridgehead atoms. The van der Waals surface area contributed by atoms with Crippen LogP contribution in [0.25, 0.3) is 11.1 Å². The molecule has 2 aromatic heterocycles. The minimum absolute atomic E-state index is 0.341. The van der Waals surface area contributed by atoms with Crippen LogP contribution in [0.2, 0.25) is 0 Å². The summed E-state index contributed by atoms with van der Waals surface area (Å²) < 4.78 is 45.1. The number of benzene rings is 1. The Hall–Kier alpha value is -2.81. The zero-order valence-corrected chi connectivity index (χ0v) is 16.4. The van der Waals surface area contributed by atoms with Gasteiger partial charge in [0.2, 0.25) is 0 Å². The molecule has 1 aromatic carbocycles. The zero-order chi connectivity index (χ0) is 21.1. The smallest absolute Gasteiger partial charge is 0.408 e. The number of nitrogens with zero attached hydrogens (tertiary/aromatic N) is 4. The van der Waals surface area contributed by atoms with Gasteiger partial charge in [0.1, 0.15) is 5.82 Å². The maximum Gasteiger partial charge on any atom is 0.419 e. The van der Waals surface area contributed by atoms with Gasteiger partial charge in [0.15, 0.2) is 5.58 Å². The van der Waals surface area contributed by atoms with Gasteiger partial charge in [0.05, 0.1) is 11.1 Å². The SMILES string of the molecule is O=c1oc2ccccc2n1CCCN1CCCN(c2ccc(C(F)(F)F)cn2)CC1. The summed E-state index contributed by atoms with van der Waals surface area (Å²) in [5, 5.41) is 0. The van der Waals surface area contributed by atoms with Gasteiger partial charge in [-0.1, -0.05) is 12.1 Å². The fraction of sp³-hybridized carbons (Fsp3) is 0.429. The monoisotopic (exact) mass is 420 g/mol. The van der Waals surface area contributed by atoms with Crippen molar-refractivity contribution in [2.24, 2.45) is 0 Å². The number of rotatable bonds is 5. The van der Waals surface area contributed by atoms with Crippen molar-refractivity contribution < 1.29 is 17.6 Å². The van der Waals surface area contributed by atoms with Crippen molar-refractivity contribution in [2.75, 3.05) is 37.6 Å². The normalized spacial score (nSPS) is 16.2. The second kappa shape index (κ2) is 8.51. The summed E-state index contributed by atoms with van der Waals surface area (Å²) in [6.45, 7) is 4.56. The average Bonchev–Trinajstić information content (AvgIpc) is 2.88. The highest BCUT2D eigenvalue weighted by molar-refractivity contribution is 5.72. The van der Waals surface area contributed by atoms with E-state index in [1.807, 2.05) is 23.1 Å². The predicted molar refractivity (Wildman–Crippen MR) is 108 cm³/mol. The maximum atomic E-state index is 12.7. The van der Waals surface area contributed by atoms with Gasteiger partial charge in [-0.25, -0.2) is 9.78 Å². The van der Waals surface area contributed by atoms with Gasteiger partial charge in [0.25, 0.3) is 0 Å². The van der Waals surface area contributed by atoms with E-state index < -0.39 is 11.7 Å². The number of alkyl halides is 3. The molecule has 0 unspecified atom stereocenters. The standard InChI is InChI=1S/C21H23F3N4O2/c22-21(23,24)16-7-8-19(25-15-16)27-11-3-9-26(13-14-27)10-4-12-28-17-5-1-2-6-18(17)30-20(28)29/h1-2,5-8,15H,3-4,9-14H2. The number of oxazole rings is 1. The molecule has 1 aliphatic rings. The summed E-state index contributed by atoms with van der Waals surface area (Å²) in [7, 11) is 0. The molecular weight excluding hydrogens is 397 g/mol. The summed E-state index contributed by atoms with van der Waals surface area (Å²) in [6.07, 6.45) is -1.77. The van der Waals surface area contributed by atoms with E-state index in [2.05, 4.69) is 9.88 Å². The number of para-hydroxylation sites is 2. The number of halogens is 3. The fourth-order valence-corrected chi connectivity index (χ4v) is 3.84. The van der Waals surface area contributed by atoms with Crippen LogP contribution in [-0.4, -0.2) is 47.2 Å². The molecule has 3 aromatic rings. The topological polar surface area (TPSA) is 54.5 Å². The van der Waals surface area contributed by atoms with Gasteiger partial charge in [-0.05, 0) is 50.2 Å². The van der Waals surface area contributed by atoms with Crippen molar-refractivity contribution in [3.05, 3.63) is 58.7 Å². The van der Waals surface area contributed by atoms with Gasteiger partial charge in [0, 0.05) is 32.4 Å². The minimum Gasteiger partial charge on any atom is -0.408 e. The van der Waals surface area contributed by atoms with Crippen molar-refractivity contribution in [1.29, 1.82) is 0 Å². The maximum absolute atomic E-state index is 12.7. The molecule has 6 nitrogen and oxygen atoms in total. The number of hydrogen-bond donors (Lipinski definition) is 0. The minimum atomic E-state index is -4.37. The molecule has 1 aliphatic heterocycles. The Morgan fingerprint density at radius 2 is 1.83 bits per heavy atom. The molecule has 0 radical (unpaired) electrons. The molecule has 0 amide bonds. The quantitative estimate of drug-likeness (QED) is 0.631. The fourth-order valence-electron chi connectivity index (χ4n) is 3.84. The second-order valence-corrected chi connectivity index (χ2v) is 7.43. The van der Waals surface area contributed by atoms with Crippen LogP contribution in [0, 0.1) is 0 Å². The van der Waals surface area contributed by atoms with Crippen LogP contribution in [0.3, 0.4) is 0 Å². The summed E-state index contributed by atoms with van der Waals surface area (Å²) in [4.78, 5) is 20.4. The first-order valence-corrected chi connectivity index (χ1v) is 10.0. The van der Waals surface area contributed by atoms with Crippen LogP contribution < -0.4 is 10.7 Å². The Kier molecular flexibility index (Phi) is 5.80. The van der Waals surface area contributed by atoms with Crippen molar-refractivity contribution in [1.82, 2.24) is 14.5 Å². The number of hydrogen-bond acceptors (Lipinski definition) is 5. The van der Waals surface area contributed by atoms with Crippen LogP contribution in [-0.2, 0) is 12.7 Å². The molecule has 0 atom stereocenters. The lowest BCUT2D eigenvalue weighted by molar-refractivity contribution is -0.137. The van der Waals surface area contributed by atoms with Crippen LogP contribution in [0.5, 0.6) is 0 Å². The van der Waals surface area contributed by atoms with Crippen molar-refractivity contribution >= 4 is 16.9 Å². The van der Waals surface area contributed by atoms with Crippen molar-refractivity contribution in [2.45, 2.75) is 25.6 Å². The Labute approximate surface area is 171 Å². The summed E-state index contributed by atoms with van der Waals surface area (Å²) >= 11 is 0. The van der Waals surface area contributed by atoms with Gasteiger partial charge >= 0.3 is 11.9 Å². The van der Waals surface area contributed by atoms with Crippen molar-refractivity contribution in [3.8, 4) is 0 Å². The molecule has 3 heterocycles. The molecule has 0 aliphatic carbocycles. The van der Waals surface area contributed by atoms with Crippen LogP contribution >= 0.6 is 0 Å². The highest BCUT2D eigenvalue weighted by Gasteiger charge is 2.31. The largest absolute Gasteiger partial charge is 0.419 e. The Morgan fingerprint density at radius 1 is 1.00 bits per heavy atom. The lowest BCUT2D eigenvalue weighted by atomic mass is 10.2. The van der Waals surface area contributed by atoms with E-state index in [0.717, 1.165) is 56.8 Å². The number of anilines is 1. The second-order valence-electron chi connectivity index (χ2n) is 7.43. The Bertz CT molecular complexity index is 1040. The van der Waals surface area contributed by atoms with E-state index in [-0.39, 0.29) is 5.76 Å². The number of pyridine rings is 1. The van der Waals surface area contributed by atoms with Gasteiger partial charge in [-0.15, -0.1) is 0 Å². The third-order valence-electron chi connectivity index (χ3n) is 5.42. The highest BCUT2D eigenvalue weighted by Crippen LogP contribution is 2.29. The molecule has 9 heteroatoms. The average molecular weight is 420 g/mol. The van der Waals surface area contributed by atoms with E-state index in [4.69, 9.17) is 4.42 Å². The molecule has 160 valence electrons. The first kappa shape index (κ1) is 20.5. The van der Waals surface area contributed by atoms with Crippen LogP contribution in [0.1, 0.15) is 18.4 Å². The Balaban J connectivity index is 1.31. The molecule has 1 saturated heterocycles. The Morgan fingerprint density at radius 3 is 2.60 bits per heavy atom. The third-order valence-corrected chi connectivity index (χ3v) is 5.42. The van der Waals surface area contributed by atoms with Crippen molar-refractivity contribution in [3.63, 3.8) is 0 Å².